The van der Waals surface area contributed by atoms with Gasteiger partial charge in [-0.3, -0.25) is 10.1 Å². The summed E-state index contributed by atoms with van der Waals surface area (Å²) in [5, 5.41) is 23.2. The highest BCUT2D eigenvalue weighted by Crippen LogP contribution is 2.23. The van der Waals surface area contributed by atoms with Gasteiger partial charge in [0.1, 0.15) is 11.9 Å². The molecule has 1 fully saturated rings. The van der Waals surface area contributed by atoms with Crippen LogP contribution in [0.1, 0.15) is 24.2 Å². The topological polar surface area (TPSA) is 118 Å². The molecular weight excluding hydrogens is 507 g/mol. The van der Waals surface area contributed by atoms with Gasteiger partial charge in [0, 0.05) is 26.2 Å². The number of halogens is 1. The van der Waals surface area contributed by atoms with E-state index in [0.717, 1.165) is 31.6 Å². The Morgan fingerprint density at radius 2 is 2.23 bits per heavy atom. The summed E-state index contributed by atoms with van der Waals surface area (Å²) in [6.45, 7) is 2.21. The normalized spacial score (nSPS) is 16.3. The minimum absolute atomic E-state index is 0. The monoisotopic (exact) mass is 532 g/mol. The number of para-hydroxylation sites is 1. The summed E-state index contributed by atoms with van der Waals surface area (Å²) >= 11 is 0. The van der Waals surface area contributed by atoms with Crippen molar-refractivity contribution in [2.45, 2.75) is 25.4 Å². The molecule has 2 aromatic heterocycles. The van der Waals surface area contributed by atoms with Gasteiger partial charge >= 0.3 is 0 Å². The lowest BCUT2D eigenvalue weighted by atomic mass is 10.0. The molecule has 1 aliphatic heterocycles. The number of aliphatic imine (C=N–C) groups is 1. The van der Waals surface area contributed by atoms with Crippen LogP contribution in [0, 0.1) is 11.3 Å². The van der Waals surface area contributed by atoms with Crippen LogP contribution in [0.3, 0.4) is 0 Å². The maximum atomic E-state index is 9.40. The molecule has 162 valence electrons. The fourth-order valence-corrected chi connectivity index (χ4v) is 3.60. The van der Waals surface area contributed by atoms with Gasteiger partial charge in [-0.1, -0.05) is 12.1 Å². The van der Waals surface area contributed by atoms with E-state index in [0.29, 0.717) is 35.5 Å². The summed E-state index contributed by atoms with van der Waals surface area (Å²) in [4.78, 5) is 11.0. The van der Waals surface area contributed by atoms with E-state index in [1.165, 1.54) is 0 Å². The minimum Gasteiger partial charge on any atom is -0.461 e. The third kappa shape index (κ3) is 5.55. The molecule has 3 aromatic rings. The third-order valence-corrected chi connectivity index (χ3v) is 5.05. The van der Waals surface area contributed by atoms with Gasteiger partial charge in [0.25, 0.3) is 0 Å². The molecule has 31 heavy (non-hydrogen) atoms. The zero-order valence-electron chi connectivity index (χ0n) is 17.2. The van der Waals surface area contributed by atoms with E-state index < -0.39 is 0 Å². The van der Waals surface area contributed by atoms with Crippen molar-refractivity contribution < 1.29 is 4.42 Å². The summed E-state index contributed by atoms with van der Waals surface area (Å²) in [5.41, 5.74) is 1.69. The summed E-state index contributed by atoms with van der Waals surface area (Å²) in [5.74, 6) is 2.54. The van der Waals surface area contributed by atoms with Crippen LogP contribution in [0.4, 0.5) is 5.69 Å². The lowest BCUT2D eigenvalue weighted by Crippen LogP contribution is -2.51. The van der Waals surface area contributed by atoms with Gasteiger partial charge in [-0.05, 0) is 37.1 Å². The fraction of sp³-hybridized carbons (Fsp3) is 0.333. The van der Waals surface area contributed by atoms with E-state index in [1.807, 2.05) is 30.3 Å². The maximum absolute atomic E-state index is 9.40. The molecule has 10 heteroatoms. The average Bonchev–Trinajstić information content (AvgIpc) is 3.49. The molecule has 0 saturated carbocycles. The van der Waals surface area contributed by atoms with Gasteiger partial charge < -0.3 is 20.0 Å². The van der Waals surface area contributed by atoms with Crippen LogP contribution >= 0.6 is 24.0 Å². The van der Waals surface area contributed by atoms with Crippen molar-refractivity contribution >= 4 is 35.6 Å². The van der Waals surface area contributed by atoms with Crippen molar-refractivity contribution in [1.29, 1.82) is 5.26 Å². The number of guanidine groups is 1. The van der Waals surface area contributed by atoms with Crippen molar-refractivity contribution in [3.05, 3.63) is 54.0 Å². The van der Waals surface area contributed by atoms with Crippen LogP contribution in [0.5, 0.6) is 0 Å². The number of rotatable bonds is 5. The Hall–Kier alpha value is -3.07. The van der Waals surface area contributed by atoms with Crippen LogP contribution in [-0.4, -0.2) is 47.3 Å². The zero-order valence-corrected chi connectivity index (χ0v) is 19.5. The summed E-state index contributed by atoms with van der Waals surface area (Å²) < 4.78 is 5.32. The van der Waals surface area contributed by atoms with E-state index in [-0.39, 0.29) is 30.0 Å². The Bertz CT molecular complexity index is 1040. The number of hydrogen-bond acceptors (Lipinski definition) is 6. The second-order valence-electron chi connectivity index (χ2n) is 7.07. The molecule has 0 radical (unpaired) electrons. The SMILES string of the molecule is CN=C(NCc1nc(-c2ccco2)n[nH]1)NC1CCCN(c2ccccc2C#N)C1.I. The lowest BCUT2D eigenvalue weighted by Gasteiger charge is -2.35. The highest BCUT2D eigenvalue weighted by molar-refractivity contribution is 14.0. The Balaban J connectivity index is 0.00000272. The number of anilines is 1. The quantitative estimate of drug-likeness (QED) is 0.263. The van der Waals surface area contributed by atoms with Crippen molar-refractivity contribution in [2.24, 2.45) is 4.99 Å². The van der Waals surface area contributed by atoms with E-state index in [4.69, 9.17) is 4.42 Å². The van der Waals surface area contributed by atoms with Gasteiger partial charge in [-0.2, -0.15) is 5.26 Å². The molecule has 3 N–H and O–H groups in total. The number of nitrogens with one attached hydrogen (secondary N) is 3. The largest absolute Gasteiger partial charge is 0.461 e. The first-order valence-electron chi connectivity index (χ1n) is 9.93. The van der Waals surface area contributed by atoms with Gasteiger partial charge in [0.15, 0.2) is 11.7 Å². The van der Waals surface area contributed by atoms with Crippen LogP contribution in [-0.2, 0) is 6.54 Å². The highest BCUT2D eigenvalue weighted by atomic mass is 127. The molecule has 3 heterocycles. The van der Waals surface area contributed by atoms with Crippen LogP contribution in [0.25, 0.3) is 11.6 Å². The lowest BCUT2D eigenvalue weighted by molar-refractivity contribution is 0.467. The van der Waals surface area contributed by atoms with Crippen molar-refractivity contribution in [3.63, 3.8) is 0 Å². The van der Waals surface area contributed by atoms with Gasteiger partial charge in [0.2, 0.25) is 5.82 Å². The highest BCUT2D eigenvalue weighted by Gasteiger charge is 2.22. The average molecular weight is 532 g/mol. The molecule has 0 amide bonds. The number of piperidine rings is 1. The molecule has 0 spiro atoms. The Morgan fingerprint density at radius 3 is 3.00 bits per heavy atom. The summed E-state index contributed by atoms with van der Waals surface area (Å²) in [6, 6.07) is 13.9. The van der Waals surface area contributed by atoms with E-state index in [1.54, 1.807) is 19.4 Å². The minimum atomic E-state index is 0. The molecule has 1 aliphatic rings. The van der Waals surface area contributed by atoms with Crippen LogP contribution < -0.4 is 15.5 Å². The summed E-state index contributed by atoms with van der Waals surface area (Å²) in [6.07, 6.45) is 3.68. The number of benzene rings is 1. The molecule has 1 unspecified atom stereocenters. The first-order valence-corrected chi connectivity index (χ1v) is 9.93. The smallest absolute Gasteiger partial charge is 0.216 e. The predicted molar refractivity (Wildman–Crippen MR) is 129 cm³/mol. The molecule has 0 aliphatic carbocycles. The number of hydrogen-bond donors (Lipinski definition) is 3. The van der Waals surface area contributed by atoms with Gasteiger partial charge in [0.05, 0.1) is 24.1 Å². The van der Waals surface area contributed by atoms with Crippen molar-refractivity contribution in [2.75, 3.05) is 25.0 Å². The second kappa shape index (κ2) is 10.8. The molecule has 1 aromatic carbocycles. The maximum Gasteiger partial charge on any atom is 0.216 e. The Morgan fingerprint density at radius 1 is 1.35 bits per heavy atom. The van der Waals surface area contributed by atoms with E-state index >= 15 is 0 Å². The predicted octanol–water partition coefficient (Wildman–Crippen LogP) is 2.89. The zero-order chi connectivity index (χ0) is 20.8. The number of furan rings is 1. The number of nitriles is 1. The molecule has 1 saturated heterocycles. The van der Waals surface area contributed by atoms with Crippen LogP contribution in [0.2, 0.25) is 0 Å². The van der Waals surface area contributed by atoms with Gasteiger partial charge in [-0.25, -0.2) is 4.98 Å². The first-order chi connectivity index (χ1) is 14.8. The van der Waals surface area contributed by atoms with Gasteiger partial charge in [-0.15, -0.1) is 29.1 Å². The van der Waals surface area contributed by atoms with E-state index in [9.17, 15) is 5.26 Å². The molecular formula is C21H25IN8O. The third-order valence-electron chi connectivity index (χ3n) is 5.05. The van der Waals surface area contributed by atoms with Crippen LogP contribution in [0.15, 0.2) is 52.1 Å². The molecule has 0 bridgehead atoms. The molecule has 1 atom stereocenters. The fourth-order valence-electron chi connectivity index (χ4n) is 3.60. The molecule has 9 nitrogen and oxygen atoms in total. The van der Waals surface area contributed by atoms with E-state index in [2.05, 4.69) is 41.8 Å². The molecule has 4 rings (SSSR count). The van der Waals surface area contributed by atoms with Crippen molar-refractivity contribution in [1.82, 2.24) is 25.8 Å². The first kappa shape index (κ1) is 22.6. The number of H-pyrrole nitrogens is 1. The Kier molecular flexibility index (Phi) is 7.88. The Labute approximate surface area is 198 Å². The summed E-state index contributed by atoms with van der Waals surface area (Å²) in [7, 11) is 1.75. The number of aromatic nitrogens is 3. The van der Waals surface area contributed by atoms with Crippen molar-refractivity contribution in [3.8, 4) is 17.7 Å². The second-order valence-corrected chi connectivity index (χ2v) is 7.07. The number of nitrogens with zero attached hydrogens (tertiary/aromatic N) is 5. The number of aromatic amines is 1. The standard InChI is InChI=1S/C21H24N8O.HI/c1-23-21(24-13-19-26-20(28-27-19)18-9-5-11-30-18)25-16-7-4-10-29(14-16)17-8-3-2-6-15(17)12-22;/h2-3,5-6,8-9,11,16H,4,7,10,13-14H2,1H3,(H2,23,24,25)(H,26,27,28);1H.